The SMILES string of the molecule is O=C(CN1CC(C(=O)O)CCC1=O)Nc1cccc(Br)c1. The predicted molar refractivity (Wildman–Crippen MR) is 79.7 cm³/mol. The molecule has 1 heterocycles. The van der Waals surface area contributed by atoms with Gasteiger partial charge >= 0.3 is 5.97 Å². The average Bonchev–Trinajstić information content (AvgIpc) is 2.41. The molecule has 0 saturated carbocycles. The highest BCUT2D eigenvalue weighted by atomic mass is 79.9. The van der Waals surface area contributed by atoms with Crippen LogP contribution in [0.25, 0.3) is 0 Å². The smallest absolute Gasteiger partial charge is 0.308 e. The molecule has 1 aromatic rings. The highest BCUT2D eigenvalue weighted by molar-refractivity contribution is 9.10. The first kappa shape index (κ1) is 15.5. The normalized spacial score (nSPS) is 18.4. The fourth-order valence-electron chi connectivity index (χ4n) is 2.21. The van der Waals surface area contributed by atoms with Gasteiger partial charge in [0.2, 0.25) is 11.8 Å². The summed E-state index contributed by atoms with van der Waals surface area (Å²) in [6.07, 6.45) is 0.499. The fourth-order valence-corrected chi connectivity index (χ4v) is 2.61. The van der Waals surface area contributed by atoms with Gasteiger partial charge in [-0.05, 0) is 24.6 Å². The van der Waals surface area contributed by atoms with Crippen molar-refractivity contribution in [2.45, 2.75) is 12.8 Å². The van der Waals surface area contributed by atoms with Gasteiger partial charge in [0.05, 0.1) is 12.5 Å². The molecule has 1 aromatic carbocycles. The van der Waals surface area contributed by atoms with E-state index < -0.39 is 11.9 Å². The number of halogens is 1. The third-order valence-corrected chi connectivity index (χ3v) is 3.79. The Balaban J connectivity index is 1.94. The summed E-state index contributed by atoms with van der Waals surface area (Å²) < 4.78 is 0.834. The molecule has 2 rings (SSSR count). The largest absolute Gasteiger partial charge is 0.481 e. The number of amides is 2. The lowest BCUT2D eigenvalue weighted by Gasteiger charge is -2.30. The van der Waals surface area contributed by atoms with Gasteiger partial charge in [-0.2, -0.15) is 0 Å². The molecular weight excluding hydrogens is 340 g/mol. The summed E-state index contributed by atoms with van der Waals surface area (Å²) in [5.41, 5.74) is 0.619. The van der Waals surface area contributed by atoms with E-state index in [1.54, 1.807) is 18.2 Å². The molecular formula is C14H15BrN2O4. The third-order valence-electron chi connectivity index (χ3n) is 3.29. The van der Waals surface area contributed by atoms with Crippen molar-refractivity contribution in [1.82, 2.24) is 4.90 Å². The summed E-state index contributed by atoms with van der Waals surface area (Å²) in [4.78, 5) is 36.0. The molecule has 0 radical (unpaired) electrons. The average molecular weight is 355 g/mol. The van der Waals surface area contributed by atoms with Gasteiger partial charge in [-0.3, -0.25) is 14.4 Å². The number of carboxylic acid groups (broad SMARTS) is 1. The van der Waals surface area contributed by atoms with Crippen LogP contribution in [0.1, 0.15) is 12.8 Å². The molecule has 2 N–H and O–H groups in total. The molecule has 6 nitrogen and oxygen atoms in total. The van der Waals surface area contributed by atoms with Gasteiger partial charge in [0, 0.05) is 23.1 Å². The summed E-state index contributed by atoms with van der Waals surface area (Å²) >= 11 is 3.30. The van der Waals surface area contributed by atoms with E-state index in [-0.39, 0.29) is 31.3 Å². The predicted octanol–water partition coefficient (Wildman–Crippen LogP) is 1.71. The van der Waals surface area contributed by atoms with Crippen LogP contribution in [0.3, 0.4) is 0 Å². The summed E-state index contributed by atoms with van der Waals surface area (Å²) in [6, 6.07) is 7.10. The van der Waals surface area contributed by atoms with Crippen LogP contribution in [0.4, 0.5) is 5.69 Å². The zero-order valence-corrected chi connectivity index (χ0v) is 12.8. The number of anilines is 1. The second-order valence-electron chi connectivity index (χ2n) is 4.91. The fraction of sp³-hybridized carbons (Fsp3) is 0.357. The number of nitrogens with zero attached hydrogens (tertiary/aromatic N) is 1. The zero-order valence-electron chi connectivity index (χ0n) is 11.2. The number of benzene rings is 1. The quantitative estimate of drug-likeness (QED) is 0.861. The van der Waals surface area contributed by atoms with Crippen molar-refractivity contribution < 1.29 is 19.5 Å². The van der Waals surface area contributed by atoms with E-state index in [1.165, 1.54) is 4.90 Å². The molecule has 1 fully saturated rings. The van der Waals surface area contributed by atoms with Crippen LogP contribution in [0, 0.1) is 5.92 Å². The van der Waals surface area contributed by atoms with Crippen LogP contribution >= 0.6 is 15.9 Å². The van der Waals surface area contributed by atoms with Gasteiger partial charge in [-0.25, -0.2) is 0 Å². The van der Waals surface area contributed by atoms with Crippen LogP contribution in [-0.2, 0) is 14.4 Å². The van der Waals surface area contributed by atoms with Crippen LogP contribution in [0.15, 0.2) is 28.7 Å². The molecule has 1 unspecified atom stereocenters. The monoisotopic (exact) mass is 354 g/mol. The van der Waals surface area contributed by atoms with Crippen molar-refractivity contribution in [1.29, 1.82) is 0 Å². The summed E-state index contributed by atoms with van der Waals surface area (Å²) in [5, 5.41) is 11.7. The van der Waals surface area contributed by atoms with Crippen molar-refractivity contribution in [2.24, 2.45) is 5.92 Å². The number of rotatable bonds is 4. The topological polar surface area (TPSA) is 86.7 Å². The number of piperidine rings is 1. The molecule has 2 amide bonds. The van der Waals surface area contributed by atoms with Crippen LogP contribution in [0.5, 0.6) is 0 Å². The van der Waals surface area contributed by atoms with Crippen LogP contribution < -0.4 is 5.32 Å². The molecule has 1 atom stereocenters. The Labute approximate surface area is 130 Å². The number of nitrogens with one attached hydrogen (secondary N) is 1. The first-order valence-electron chi connectivity index (χ1n) is 6.51. The zero-order chi connectivity index (χ0) is 15.4. The highest BCUT2D eigenvalue weighted by Gasteiger charge is 2.30. The lowest BCUT2D eigenvalue weighted by Crippen LogP contribution is -2.46. The molecule has 112 valence electrons. The molecule has 1 aliphatic heterocycles. The van der Waals surface area contributed by atoms with E-state index in [0.717, 1.165) is 4.47 Å². The second kappa shape index (κ2) is 6.71. The van der Waals surface area contributed by atoms with E-state index in [1.807, 2.05) is 6.07 Å². The van der Waals surface area contributed by atoms with Gasteiger partial charge in [0.25, 0.3) is 0 Å². The third kappa shape index (κ3) is 4.29. The molecule has 1 saturated heterocycles. The number of likely N-dealkylation sites (tertiary alicyclic amines) is 1. The highest BCUT2D eigenvalue weighted by Crippen LogP contribution is 2.18. The second-order valence-corrected chi connectivity index (χ2v) is 5.82. The number of hydrogen-bond acceptors (Lipinski definition) is 3. The Morgan fingerprint density at radius 1 is 1.43 bits per heavy atom. The number of carboxylic acids is 1. The van der Waals surface area contributed by atoms with E-state index in [2.05, 4.69) is 21.2 Å². The Bertz CT molecular complexity index is 576. The first-order chi connectivity index (χ1) is 9.95. The van der Waals surface area contributed by atoms with E-state index in [0.29, 0.717) is 12.1 Å². The molecule has 0 spiro atoms. The molecule has 7 heteroatoms. The van der Waals surface area contributed by atoms with Crippen LogP contribution in [0.2, 0.25) is 0 Å². The Hall–Kier alpha value is -1.89. The van der Waals surface area contributed by atoms with Gasteiger partial charge in [-0.15, -0.1) is 0 Å². The first-order valence-corrected chi connectivity index (χ1v) is 7.31. The standard InChI is InChI=1S/C14H15BrN2O4/c15-10-2-1-3-11(6-10)16-12(18)8-17-7-9(14(20)21)4-5-13(17)19/h1-3,6,9H,4-5,7-8H2,(H,16,18)(H,20,21). The van der Waals surface area contributed by atoms with Gasteiger partial charge in [-0.1, -0.05) is 22.0 Å². The summed E-state index contributed by atoms with van der Waals surface area (Å²) in [6.45, 7) is -0.0464. The molecule has 0 bridgehead atoms. The van der Waals surface area contributed by atoms with Crippen molar-refractivity contribution >= 4 is 39.4 Å². The van der Waals surface area contributed by atoms with Crippen LogP contribution in [-0.4, -0.2) is 40.9 Å². The number of carbonyl (C=O) groups is 3. The molecule has 21 heavy (non-hydrogen) atoms. The van der Waals surface area contributed by atoms with E-state index >= 15 is 0 Å². The van der Waals surface area contributed by atoms with Crippen molar-refractivity contribution in [3.8, 4) is 0 Å². The van der Waals surface area contributed by atoms with Crippen molar-refractivity contribution in [3.05, 3.63) is 28.7 Å². The lowest BCUT2D eigenvalue weighted by atomic mass is 9.98. The minimum Gasteiger partial charge on any atom is -0.481 e. The number of hydrogen-bond donors (Lipinski definition) is 2. The van der Waals surface area contributed by atoms with Gasteiger partial charge in [0.1, 0.15) is 0 Å². The summed E-state index contributed by atoms with van der Waals surface area (Å²) in [5.74, 6) is -2.05. The lowest BCUT2D eigenvalue weighted by molar-refractivity contribution is -0.148. The Kier molecular flexibility index (Phi) is 4.95. The Morgan fingerprint density at radius 3 is 2.86 bits per heavy atom. The minimum absolute atomic E-state index is 0.0834. The summed E-state index contributed by atoms with van der Waals surface area (Å²) in [7, 11) is 0. The number of aliphatic carboxylic acids is 1. The van der Waals surface area contributed by atoms with Crippen molar-refractivity contribution in [3.63, 3.8) is 0 Å². The molecule has 1 aliphatic rings. The van der Waals surface area contributed by atoms with Gasteiger partial charge < -0.3 is 15.3 Å². The minimum atomic E-state index is -0.931. The van der Waals surface area contributed by atoms with E-state index in [4.69, 9.17) is 5.11 Å². The van der Waals surface area contributed by atoms with Crippen molar-refractivity contribution in [2.75, 3.05) is 18.4 Å². The number of carbonyl (C=O) groups excluding carboxylic acids is 2. The molecule has 0 aliphatic carbocycles. The van der Waals surface area contributed by atoms with Gasteiger partial charge in [0.15, 0.2) is 0 Å². The molecule has 0 aromatic heterocycles. The maximum Gasteiger partial charge on any atom is 0.308 e. The maximum atomic E-state index is 11.9. The van der Waals surface area contributed by atoms with E-state index in [9.17, 15) is 14.4 Å². The maximum absolute atomic E-state index is 11.9. The Morgan fingerprint density at radius 2 is 2.19 bits per heavy atom.